The molecule has 1 aromatic carbocycles. The summed E-state index contributed by atoms with van der Waals surface area (Å²) in [4.78, 5) is 11.8. The van der Waals surface area contributed by atoms with Gasteiger partial charge in [0.2, 0.25) is 5.91 Å². The molecule has 2 unspecified atom stereocenters. The summed E-state index contributed by atoms with van der Waals surface area (Å²) in [5, 5.41) is 6.35. The lowest BCUT2D eigenvalue weighted by molar-refractivity contribution is -0.123. The van der Waals surface area contributed by atoms with Gasteiger partial charge in [0.15, 0.2) is 0 Å². The molecule has 0 spiro atoms. The minimum Gasteiger partial charge on any atom is -0.352 e. The highest BCUT2D eigenvalue weighted by Gasteiger charge is 2.26. The van der Waals surface area contributed by atoms with Gasteiger partial charge in [0.1, 0.15) is 0 Å². The lowest BCUT2D eigenvalue weighted by atomic mass is 10.1. The van der Waals surface area contributed by atoms with Crippen LogP contribution in [0.3, 0.4) is 0 Å². The van der Waals surface area contributed by atoms with E-state index < -0.39 is 0 Å². The predicted octanol–water partition coefficient (Wildman–Crippen LogP) is 2.61. The zero-order valence-corrected chi connectivity index (χ0v) is 12.9. The van der Waals surface area contributed by atoms with Gasteiger partial charge >= 0.3 is 0 Å². The Hall–Kier alpha value is -0.620. The van der Waals surface area contributed by atoms with Gasteiger partial charge in [-0.1, -0.05) is 12.1 Å². The van der Waals surface area contributed by atoms with E-state index in [-0.39, 0.29) is 18.0 Å². The molecule has 1 saturated carbocycles. The van der Waals surface area contributed by atoms with Gasteiger partial charge in [-0.05, 0) is 67.0 Å². The first-order valence-corrected chi connectivity index (χ1v) is 7.46. The Balaban J connectivity index is 1.87. The maximum atomic E-state index is 11.8. The van der Waals surface area contributed by atoms with Crippen molar-refractivity contribution >= 4 is 28.5 Å². The third kappa shape index (κ3) is 3.95. The normalized spacial score (nSPS) is 18.2. The molecule has 1 aromatic rings. The summed E-state index contributed by atoms with van der Waals surface area (Å²) in [6.45, 7) is 4.00. The number of benzene rings is 1. The highest BCUT2D eigenvalue weighted by atomic mass is 127. The molecule has 3 nitrogen and oxygen atoms in total. The Morgan fingerprint density at radius 1 is 1.28 bits per heavy atom. The van der Waals surface area contributed by atoms with Crippen molar-refractivity contribution in [2.75, 3.05) is 0 Å². The SMILES string of the molecule is CC(NC(C)c1ccc(I)cc1)C(=O)NC1CC1. The minimum atomic E-state index is -0.153. The highest BCUT2D eigenvalue weighted by Crippen LogP contribution is 2.19. The van der Waals surface area contributed by atoms with E-state index >= 15 is 0 Å². The zero-order valence-electron chi connectivity index (χ0n) is 10.7. The highest BCUT2D eigenvalue weighted by molar-refractivity contribution is 14.1. The quantitative estimate of drug-likeness (QED) is 0.795. The van der Waals surface area contributed by atoms with Crippen LogP contribution in [0.5, 0.6) is 0 Å². The predicted molar refractivity (Wildman–Crippen MR) is 81.3 cm³/mol. The van der Waals surface area contributed by atoms with Crippen LogP contribution in [-0.4, -0.2) is 18.0 Å². The van der Waals surface area contributed by atoms with Crippen LogP contribution in [0.1, 0.15) is 38.3 Å². The second kappa shape index (κ2) is 6.02. The molecule has 0 bridgehead atoms. The van der Waals surface area contributed by atoms with E-state index in [2.05, 4.69) is 64.4 Å². The van der Waals surface area contributed by atoms with Crippen molar-refractivity contribution in [3.05, 3.63) is 33.4 Å². The van der Waals surface area contributed by atoms with Crippen molar-refractivity contribution in [2.24, 2.45) is 0 Å². The number of halogens is 1. The van der Waals surface area contributed by atoms with Crippen LogP contribution in [0, 0.1) is 3.57 Å². The summed E-state index contributed by atoms with van der Waals surface area (Å²) >= 11 is 2.29. The molecule has 2 atom stereocenters. The van der Waals surface area contributed by atoms with Crippen molar-refractivity contribution in [1.82, 2.24) is 10.6 Å². The number of rotatable bonds is 5. The second-order valence-electron chi connectivity index (χ2n) is 4.94. The van der Waals surface area contributed by atoms with E-state index in [0.717, 1.165) is 12.8 Å². The molecule has 0 aromatic heterocycles. The molecular weight excluding hydrogens is 339 g/mol. The van der Waals surface area contributed by atoms with Crippen molar-refractivity contribution in [3.63, 3.8) is 0 Å². The van der Waals surface area contributed by atoms with Crippen molar-refractivity contribution in [3.8, 4) is 0 Å². The number of amides is 1. The third-order valence-corrected chi connectivity index (χ3v) is 3.91. The number of nitrogens with one attached hydrogen (secondary N) is 2. The molecule has 1 amide bonds. The molecule has 0 radical (unpaired) electrons. The summed E-state index contributed by atoms with van der Waals surface area (Å²) in [6, 6.07) is 8.83. The Morgan fingerprint density at radius 3 is 2.44 bits per heavy atom. The molecule has 2 rings (SSSR count). The average molecular weight is 358 g/mol. The van der Waals surface area contributed by atoms with E-state index in [1.807, 2.05) is 6.92 Å². The summed E-state index contributed by atoms with van der Waals surface area (Å²) in [5.74, 6) is 0.106. The molecule has 1 aliphatic rings. The Morgan fingerprint density at radius 2 is 1.89 bits per heavy atom. The van der Waals surface area contributed by atoms with Crippen LogP contribution in [0.15, 0.2) is 24.3 Å². The fraction of sp³-hybridized carbons (Fsp3) is 0.500. The van der Waals surface area contributed by atoms with E-state index in [4.69, 9.17) is 0 Å². The summed E-state index contributed by atoms with van der Waals surface area (Å²) in [5.41, 5.74) is 1.21. The fourth-order valence-electron chi connectivity index (χ4n) is 1.85. The van der Waals surface area contributed by atoms with Crippen LogP contribution in [-0.2, 0) is 4.79 Å². The fourth-order valence-corrected chi connectivity index (χ4v) is 2.21. The van der Waals surface area contributed by atoms with E-state index in [0.29, 0.717) is 6.04 Å². The van der Waals surface area contributed by atoms with Crippen LogP contribution in [0.4, 0.5) is 0 Å². The Kier molecular flexibility index (Phi) is 4.61. The van der Waals surface area contributed by atoms with Gasteiger partial charge < -0.3 is 5.32 Å². The lowest BCUT2D eigenvalue weighted by Gasteiger charge is -2.20. The van der Waals surface area contributed by atoms with Gasteiger partial charge in [-0.25, -0.2) is 0 Å². The number of carbonyl (C=O) groups excluding carboxylic acids is 1. The molecule has 98 valence electrons. The second-order valence-corrected chi connectivity index (χ2v) is 6.19. The van der Waals surface area contributed by atoms with Gasteiger partial charge in [-0.2, -0.15) is 0 Å². The maximum absolute atomic E-state index is 11.8. The smallest absolute Gasteiger partial charge is 0.237 e. The van der Waals surface area contributed by atoms with Gasteiger partial charge in [0, 0.05) is 15.7 Å². The topological polar surface area (TPSA) is 41.1 Å². The lowest BCUT2D eigenvalue weighted by Crippen LogP contribution is -2.43. The van der Waals surface area contributed by atoms with Crippen LogP contribution in [0.25, 0.3) is 0 Å². The van der Waals surface area contributed by atoms with Crippen molar-refractivity contribution in [2.45, 2.75) is 44.8 Å². The Bertz CT molecular complexity index is 414. The minimum absolute atomic E-state index is 0.106. The van der Waals surface area contributed by atoms with Crippen molar-refractivity contribution < 1.29 is 4.79 Å². The standard InChI is InChI=1S/C14H19IN2O/c1-9(11-3-5-12(15)6-4-11)16-10(2)14(18)17-13-7-8-13/h3-6,9-10,13,16H,7-8H2,1-2H3,(H,17,18). The molecular formula is C14H19IN2O. The maximum Gasteiger partial charge on any atom is 0.237 e. The summed E-state index contributed by atoms with van der Waals surface area (Å²) < 4.78 is 1.23. The number of hydrogen-bond acceptors (Lipinski definition) is 2. The molecule has 1 fully saturated rings. The third-order valence-electron chi connectivity index (χ3n) is 3.19. The van der Waals surface area contributed by atoms with Crippen LogP contribution < -0.4 is 10.6 Å². The van der Waals surface area contributed by atoms with Gasteiger partial charge in [0.05, 0.1) is 6.04 Å². The summed E-state index contributed by atoms with van der Waals surface area (Å²) in [7, 11) is 0. The molecule has 18 heavy (non-hydrogen) atoms. The first-order chi connectivity index (χ1) is 8.56. The first kappa shape index (κ1) is 13.8. The number of hydrogen-bond donors (Lipinski definition) is 2. The molecule has 4 heteroatoms. The van der Waals surface area contributed by atoms with Crippen LogP contribution >= 0.6 is 22.6 Å². The van der Waals surface area contributed by atoms with E-state index in [1.54, 1.807) is 0 Å². The first-order valence-electron chi connectivity index (χ1n) is 6.38. The average Bonchev–Trinajstić information content (AvgIpc) is 3.13. The number of carbonyl (C=O) groups is 1. The molecule has 2 N–H and O–H groups in total. The monoisotopic (exact) mass is 358 g/mol. The van der Waals surface area contributed by atoms with E-state index in [9.17, 15) is 4.79 Å². The molecule has 0 heterocycles. The molecule has 1 aliphatic carbocycles. The van der Waals surface area contributed by atoms with E-state index in [1.165, 1.54) is 9.13 Å². The molecule has 0 saturated heterocycles. The van der Waals surface area contributed by atoms with Crippen molar-refractivity contribution in [1.29, 1.82) is 0 Å². The summed E-state index contributed by atoms with van der Waals surface area (Å²) in [6.07, 6.45) is 2.26. The van der Waals surface area contributed by atoms with Gasteiger partial charge in [0.25, 0.3) is 0 Å². The van der Waals surface area contributed by atoms with Gasteiger partial charge in [-0.15, -0.1) is 0 Å². The van der Waals surface area contributed by atoms with Crippen LogP contribution in [0.2, 0.25) is 0 Å². The molecule has 0 aliphatic heterocycles. The Labute approximate surface area is 122 Å². The largest absolute Gasteiger partial charge is 0.352 e. The zero-order chi connectivity index (χ0) is 13.1. The van der Waals surface area contributed by atoms with Gasteiger partial charge in [-0.3, -0.25) is 10.1 Å².